The number of hydrogen-bond donors (Lipinski definition) is 0. The van der Waals surface area contributed by atoms with Gasteiger partial charge in [-0.2, -0.15) is 0 Å². The van der Waals surface area contributed by atoms with Crippen LogP contribution in [0.3, 0.4) is 0 Å². The topological polar surface area (TPSA) is 0 Å². The van der Waals surface area contributed by atoms with Crippen LogP contribution in [0.5, 0.6) is 0 Å². The standard InChI is InChI=1S/C13H8BCl/c14-11-5-2-4-9-10(11)7-8-3-1-6-12(15)13(8)9/h1-6H,7H2. The molecule has 0 amide bonds. The molecule has 1 aliphatic carbocycles. The van der Waals surface area contributed by atoms with Crippen LogP contribution in [0, 0.1) is 0 Å². The molecule has 0 atom stereocenters. The molecule has 1 aliphatic rings. The van der Waals surface area contributed by atoms with Gasteiger partial charge in [0.05, 0.1) is 0 Å². The van der Waals surface area contributed by atoms with Crippen molar-refractivity contribution in [2.45, 2.75) is 6.42 Å². The molecular formula is C13H8BCl. The summed E-state index contributed by atoms with van der Waals surface area (Å²) in [5, 5.41) is 0.817. The first-order chi connectivity index (χ1) is 7.27. The fraction of sp³-hybridized carbons (Fsp3) is 0.0769. The van der Waals surface area contributed by atoms with Crippen LogP contribution in [0.4, 0.5) is 0 Å². The third-order valence-electron chi connectivity index (χ3n) is 2.95. The Kier molecular flexibility index (Phi) is 1.90. The zero-order valence-corrected chi connectivity index (χ0v) is 8.88. The van der Waals surface area contributed by atoms with Crippen LogP contribution < -0.4 is 5.46 Å². The van der Waals surface area contributed by atoms with E-state index < -0.39 is 0 Å². The minimum absolute atomic E-state index is 0.817. The average molecular weight is 210 g/mol. The van der Waals surface area contributed by atoms with Crippen LogP contribution in [-0.4, -0.2) is 7.85 Å². The molecule has 2 aromatic carbocycles. The monoisotopic (exact) mass is 210 g/mol. The molecule has 2 heteroatoms. The summed E-state index contributed by atoms with van der Waals surface area (Å²) < 4.78 is 0. The molecule has 0 unspecified atom stereocenters. The van der Waals surface area contributed by atoms with Crippen LogP contribution in [-0.2, 0) is 6.42 Å². The maximum Gasteiger partial charge on any atom is 0.114 e. The third kappa shape index (κ3) is 1.23. The molecule has 2 aromatic rings. The van der Waals surface area contributed by atoms with E-state index >= 15 is 0 Å². The molecule has 0 saturated carbocycles. The number of halogens is 1. The lowest BCUT2D eigenvalue weighted by molar-refractivity contribution is 1.28. The second kappa shape index (κ2) is 3.14. The Morgan fingerprint density at radius 1 is 1.07 bits per heavy atom. The second-order valence-electron chi connectivity index (χ2n) is 3.82. The van der Waals surface area contributed by atoms with Crippen molar-refractivity contribution in [3.8, 4) is 11.1 Å². The minimum atomic E-state index is 0.817. The van der Waals surface area contributed by atoms with Crippen LogP contribution in [0.15, 0.2) is 36.4 Å². The lowest BCUT2D eigenvalue weighted by Gasteiger charge is -2.04. The molecular weight excluding hydrogens is 202 g/mol. The molecule has 0 bridgehead atoms. The maximum absolute atomic E-state index is 6.21. The molecule has 0 saturated heterocycles. The van der Waals surface area contributed by atoms with E-state index in [1.54, 1.807) is 0 Å². The summed E-state index contributed by atoms with van der Waals surface area (Å²) >= 11 is 6.21. The van der Waals surface area contributed by atoms with Crippen molar-refractivity contribution in [3.05, 3.63) is 52.5 Å². The van der Waals surface area contributed by atoms with E-state index in [0.29, 0.717) is 0 Å². The van der Waals surface area contributed by atoms with Crippen LogP contribution in [0.2, 0.25) is 5.02 Å². The first-order valence-electron chi connectivity index (χ1n) is 4.92. The Bertz CT molecular complexity index is 546. The lowest BCUT2D eigenvalue weighted by Crippen LogP contribution is -2.08. The largest absolute Gasteiger partial charge is 0.114 e. The molecule has 0 heterocycles. The number of benzene rings is 2. The Hall–Kier alpha value is -1.21. The van der Waals surface area contributed by atoms with Crippen LogP contribution >= 0.6 is 11.6 Å². The highest BCUT2D eigenvalue weighted by Crippen LogP contribution is 2.39. The molecule has 70 valence electrons. The third-order valence-corrected chi connectivity index (χ3v) is 3.26. The number of rotatable bonds is 0. The van der Waals surface area contributed by atoms with Gasteiger partial charge in [0.15, 0.2) is 0 Å². The second-order valence-corrected chi connectivity index (χ2v) is 4.23. The van der Waals surface area contributed by atoms with E-state index in [2.05, 4.69) is 12.1 Å². The zero-order valence-electron chi connectivity index (χ0n) is 8.13. The van der Waals surface area contributed by atoms with Gasteiger partial charge in [-0.25, -0.2) is 0 Å². The van der Waals surface area contributed by atoms with Gasteiger partial charge in [0.1, 0.15) is 7.85 Å². The zero-order chi connectivity index (χ0) is 10.4. The molecule has 0 fully saturated rings. The minimum Gasteiger partial charge on any atom is -0.0926 e. The van der Waals surface area contributed by atoms with Gasteiger partial charge in [-0.3, -0.25) is 0 Å². The normalized spacial score (nSPS) is 12.3. The molecule has 0 nitrogen and oxygen atoms in total. The first kappa shape index (κ1) is 9.05. The van der Waals surface area contributed by atoms with Crippen molar-refractivity contribution in [2.75, 3.05) is 0 Å². The number of hydrogen-bond acceptors (Lipinski definition) is 0. The fourth-order valence-corrected chi connectivity index (χ4v) is 2.54. The fourth-order valence-electron chi connectivity index (χ4n) is 2.24. The predicted octanol–water partition coefficient (Wildman–Crippen LogP) is 2.71. The highest BCUT2D eigenvalue weighted by molar-refractivity contribution is 6.36. The van der Waals surface area contributed by atoms with Crippen molar-refractivity contribution >= 4 is 24.9 Å². The molecule has 3 rings (SSSR count). The van der Waals surface area contributed by atoms with Gasteiger partial charge < -0.3 is 0 Å². The highest BCUT2D eigenvalue weighted by atomic mass is 35.5. The Balaban J connectivity index is 2.36. The molecule has 2 radical (unpaired) electrons. The summed E-state index contributed by atoms with van der Waals surface area (Å²) in [6.45, 7) is 0. The van der Waals surface area contributed by atoms with Crippen molar-refractivity contribution in [1.82, 2.24) is 0 Å². The van der Waals surface area contributed by atoms with Crippen LogP contribution in [0.25, 0.3) is 11.1 Å². The molecule has 0 spiro atoms. The molecule has 0 aliphatic heterocycles. The Morgan fingerprint density at radius 3 is 2.73 bits per heavy atom. The molecule has 0 aromatic heterocycles. The van der Waals surface area contributed by atoms with Gasteiger partial charge in [0, 0.05) is 10.6 Å². The van der Waals surface area contributed by atoms with Gasteiger partial charge in [0.25, 0.3) is 0 Å². The summed E-state index contributed by atoms with van der Waals surface area (Å²) in [5.41, 5.74) is 5.69. The van der Waals surface area contributed by atoms with E-state index in [1.807, 2.05) is 24.3 Å². The Labute approximate surface area is 95.3 Å². The van der Waals surface area contributed by atoms with Crippen molar-refractivity contribution in [3.63, 3.8) is 0 Å². The van der Waals surface area contributed by atoms with Crippen molar-refractivity contribution in [1.29, 1.82) is 0 Å². The van der Waals surface area contributed by atoms with Gasteiger partial charge in [-0.05, 0) is 29.2 Å². The van der Waals surface area contributed by atoms with E-state index in [1.165, 1.54) is 16.7 Å². The Morgan fingerprint density at radius 2 is 1.87 bits per heavy atom. The highest BCUT2D eigenvalue weighted by Gasteiger charge is 2.21. The van der Waals surface area contributed by atoms with Crippen molar-refractivity contribution in [2.24, 2.45) is 0 Å². The van der Waals surface area contributed by atoms with E-state index in [4.69, 9.17) is 19.4 Å². The van der Waals surface area contributed by atoms with Gasteiger partial charge in [-0.15, -0.1) is 0 Å². The van der Waals surface area contributed by atoms with Crippen molar-refractivity contribution < 1.29 is 0 Å². The van der Waals surface area contributed by atoms with E-state index in [0.717, 1.165) is 22.5 Å². The molecule has 0 N–H and O–H groups in total. The lowest BCUT2D eigenvalue weighted by atomic mass is 9.88. The summed E-state index contributed by atoms with van der Waals surface area (Å²) in [5.74, 6) is 0. The summed E-state index contributed by atoms with van der Waals surface area (Å²) in [7, 11) is 5.96. The van der Waals surface area contributed by atoms with E-state index in [9.17, 15) is 0 Å². The maximum atomic E-state index is 6.21. The predicted molar refractivity (Wildman–Crippen MR) is 65.1 cm³/mol. The molecule has 15 heavy (non-hydrogen) atoms. The summed E-state index contributed by atoms with van der Waals surface area (Å²) in [4.78, 5) is 0. The first-order valence-corrected chi connectivity index (χ1v) is 5.30. The van der Waals surface area contributed by atoms with Gasteiger partial charge in [-0.1, -0.05) is 47.4 Å². The quantitative estimate of drug-likeness (QED) is 0.501. The smallest absolute Gasteiger partial charge is 0.0926 e. The number of fused-ring (bicyclic) bond motifs is 3. The van der Waals surface area contributed by atoms with Gasteiger partial charge in [0.2, 0.25) is 0 Å². The summed E-state index contributed by atoms with van der Waals surface area (Å²) in [6.07, 6.45) is 0.901. The SMILES string of the molecule is [B]c1cccc2c1Cc1cccc(Cl)c1-2. The van der Waals surface area contributed by atoms with Crippen LogP contribution in [0.1, 0.15) is 11.1 Å². The van der Waals surface area contributed by atoms with Gasteiger partial charge >= 0.3 is 0 Å². The van der Waals surface area contributed by atoms with E-state index in [-0.39, 0.29) is 0 Å². The average Bonchev–Trinajstić information content (AvgIpc) is 2.59. The summed E-state index contributed by atoms with van der Waals surface area (Å²) in [6, 6.07) is 12.0.